The fraction of sp³-hybridized carbons (Fsp3) is 0. The Hall–Kier alpha value is 3.15. The second-order valence-electron chi connectivity index (χ2n) is 0. The molecule has 0 unspecified atom stereocenters. The molecule has 0 aliphatic rings. The van der Waals surface area contributed by atoms with Crippen molar-refractivity contribution in [3.8, 4) is 0 Å². The van der Waals surface area contributed by atoms with E-state index in [0.717, 1.165) is 20.4 Å². The third-order valence-electron chi connectivity index (χ3n) is 0. The molecule has 0 amide bonds. The quantitative estimate of drug-likeness (QED) is 0.445. The van der Waals surface area contributed by atoms with E-state index in [1.807, 2.05) is 0 Å². The third kappa shape index (κ3) is 27.3. The maximum atomic E-state index is 8.25. The average molecular weight is 207 g/mol. The molecule has 0 atom stereocenters. The van der Waals surface area contributed by atoms with Crippen LogP contribution in [-0.4, -0.2) is 48.4 Å². The molecule has 0 aliphatic carbocycles. The summed E-state index contributed by atoms with van der Waals surface area (Å²) in [6.07, 6.45) is 0. The van der Waals surface area contributed by atoms with Gasteiger partial charge >= 0.3 is 72.1 Å². The summed E-state index contributed by atoms with van der Waals surface area (Å²) in [5.74, 6) is 0. The van der Waals surface area contributed by atoms with Gasteiger partial charge in [-0.15, -0.1) is 0 Å². The number of rotatable bonds is 0. The maximum absolute atomic E-state index is 8.25. The SMILES string of the molecule is [Fe].[LiH].[Mn].[NaH].[O]=[Ti]. The third-order valence-corrected chi connectivity index (χ3v) is 0. The summed E-state index contributed by atoms with van der Waals surface area (Å²) in [4.78, 5) is 0. The Labute approximate surface area is 104 Å². The van der Waals surface area contributed by atoms with Gasteiger partial charge in [-0.2, -0.15) is 0 Å². The molecule has 0 saturated carbocycles. The van der Waals surface area contributed by atoms with Gasteiger partial charge in [0.2, 0.25) is 0 Å². The van der Waals surface area contributed by atoms with Gasteiger partial charge in [-0.05, 0) is 0 Å². The van der Waals surface area contributed by atoms with Crippen molar-refractivity contribution in [2.24, 2.45) is 0 Å². The Morgan fingerprint density at radius 1 is 1.17 bits per heavy atom. The van der Waals surface area contributed by atoms with Gasteiger partial charge in [0.25, 0.3) is 0 Å². The van der Waals surface area contributed by atoms with Crippen LogP contribution >= 0.6 is 0 Å². The molecule has 0 aliphatic heterocycles. The van der Waals surface area contributed by atoms with Crippen LogP contribution in [0.3, 0.4) is 0 Å². The molecule has 0 N–H and O–H groups in total. The van der Waals surface area contributed by atoms with Crippen LogP contribution in [-0.2, 0) is 57.9 Å². The van der Waals surface area contributed by atoms with Crippen LogP contribution in [0.1, 0.15) is 0 Å². The summed E-state index contributed by atoms with van der Waals surface area (Å²) in [5, 5.41) is 0. The predicted molar refractivity (Wildman–Crippen MR) is 15.0 cm³/mol. The molecule has 1 radical (unpaired) electrons. The van der Waals surface area contributed by atoms with Crippen molar-refractivity contribution >= 4 is 48.4 Å². The molecule has 0 heterocycles. The van der Waals surface area contributed by atoms with Crippen LogP contribution in [0.2, 0.25) is 0 Å². The van der Waals surface area contributed by atoms with Gasteiger partial charge in [0.1, 0.15) is 0 Å². The van der Waals surface area contributed by atoms with Crippen molar-refractivity contribution < 1.29 is 57.9 Å². The van der Waals surface area contributed by atoms with E-state index in [-0.39, 0.29) is 82.6 Å². The van der Waals surface area contributed by atoms with Crippen molar-refractivity contribution in [2.75, 3.05) is 0 Å². The predicted octanol–water partition coefficient (Wildman–Crippen LogP) is -1.42. The summed E-state index contributed by atoms with van der Waals surface area (Å²) in [6.45, 7) is 0. The van der Waals surface area contributed by atoms with E-state index in [9.17, 15) is 0 Å². The molecule has 0 aromatic rings. The molecule has 1 nitrogen and oxygen atoms in total. The normalized spacial score (nSPS) is 0.500. The molecule has 6 heteroatoms. The summed E-state index contributed by atoms with van der Waals surface area (Å²) >= 11 is 0.750. The van der Waals surface area contributed by atoms with E-state index in [4.69, 9.17) is 3.32 Å². The second-order valence-corrected chi connectivity index (χ2v) is 0. The van der Waals surface area contributed by atoms with Crippen molar-refractivity contribution in [2.45, 2.75) is 0 Å². The molecule has 0 saturated heterocycles. The molecular formula is H2FeLiMnNaOTi. The zero-order chi connectivity index (χ0) is 2.00. The minimum atomic E-state index is 0. The van der Waals surface area contributed by atoms with Gasteiger partial charge in [0.05, 0.1) is 0 Å². The van der Waals surface area contributed by atoms with Gasteiger partial charge in [-0.1, -0.05) is 0 Å². The number of hydrogen-bond donors (Lipinski definition) is 0. The number of hydrogen-bond acceptors (Lipinski definition) is 1. The van der Waals surface area contributed by atoms with E-state index in [1.165, 1.54) is 0 Å². The van der Waals surface area contributed by atoms with Crippen LogP contribution < -0.4 is 0 Å². The summed E-state index contributed by atoms with van der Waals surface area (Å²) < 4.78 is 8.25. The Balaban J connectivity index is -0.000000000833. The molecule has 0 spiro atoms. The molecule has 0 rings (SSSR count). The second kappa shape index (κ2) is 42.0. The molecule has 0 bridgehead atoms. The van der Waals surface area contributed by atoms with Crippen LogP contribution in [0.15, 0.2) is 0 Å². The Kier molecular flexibility index (Phi) is 247. The molecule has 6 heavy (non-hydrogen) atoms. The first-order chi connectivity index (χ1) is 1.00. The van der Waals surface area contributed by atoms with Crippen LogP contribution in [0.4, 0.5) is 0 Å². The zero-order valence-corrected chi connectivity index (χ0v) is 5.49. The van der Waals surface area contributed by atoms with Crippen LogP contribution in [0.5, 0.6) is 0 Å². The van der Waals surface area contributed by atoms with E-state index in [1.54, 1.807) is 0 Å². The standard InChI is InChI=1S/Fe.Li.Mn.Na.O.Ti.2H. The van der Waals surface area contributed by atoms with Gasteiger partial charge in [-0.25, -0.2) is 0 Å². The van der Waals surface area contributed by atoms with Gasteiger partial charge in [0, 0.05) is 34.1 Å². The monoisotopic (exact) mass is 207 g/mol. The first kappa shape index (κ1) is 35.3. The minimum absolute atomic E-state index is 0. The van der Waals surface area contributed by atoms with Crippen molar-refractivity contribution in [3.05, 3.63) is 0 Å². The first-order valence-corrected chi connectivity index (χ1v) is 0.842. The van der Waals surface area contributed by atoms with E-state index < -0.39 is 0 Å². The summed E-state index contributed by atoms with van der Waals surface area (Å²) in [6, 6.07) is 0. The zero-order valence-electron chi connectivity index (χ0n) is 1.64. The van der Waals surface area contributed by atoms with E-state index in [2.05, 4.69) is 0 Å². The van der Waals surface area contributed by atoms with Crippen molar-refractivity contribution in [1.82, 2.24) is 0 Å². The summed E-state index contributed by atoms with van der Waals surface area (Å²) in [7, 11) is 0. The Morgan fingerprint density at radius 3 is 1.17 bits per heavy atom. The topological polar surface area (TPSA) is 17.1 Å². The molecular weight excluding hydrogens is 205 g/mol. The Bertz CT molecular complexity index is 15.5. The van der Waals surface area contributed by atoms with E-state index >= 15 is 0 Å². The molecule has 0 fully saturated rings. The van der Waals surface area contributed by atoms with Gasteiger partial charge in [-0.3, -0.25) is 0 Å². The van der Waals surface area contributed by atoms with Gasteiger partial charge in [0.15, 0.2) is 0 Å². The Morgan fingerprint density at radius 2 is 1.17 bits per heavy atom. The van der Waals surface area contributed by atoms with Gasteiger partial charge < -0.3 is 0 Å². The van der Waals surface area contributed by atoms with Crippen LogP contribution in [0, 0.1) is 0 Å². The molecule has 0 aromatic heterocycles. The van der Waals surface area contributed by atoms with Crippen molar-refractivity contribution in [1.29, 1.82) is 0 Å². The average Bonchev–Trinajstić information content (AvgIpc) is 1.00. The van der Waals surface area contributed by atoms with Crippen molar-refractivity contribution in [3.63, 3.8) is 0 Å². The summed E-state index contributed by atoms with van der Waals surface area (Å²) in [5.41, 5.74) is 0. The van der Waals surface area contributed by atoms with Crippen LogP contribution in [0.25, 0.3) is 0 Å². The first-order valence-electron chi connectivity index (χ1n) is 0.204. The van der Waals surface area contributed by atoms with E-state index in [0.29, 0.717) is 0 Å². The fourth-order valence-corrected chi connectivity index (χ4v) is 0. The molecule has 0 aromatic carbocycles. The molecule has 29 valence electrons. The fourth-order valence-electron chi connectivity index (χ4n) is 0.